The maximum absolute atomic E-state index is 13.1. The second-order valence-electron chi connectivity index (χ2n) is 4.11. The lowest BCUT2D eigenvalue weighted by Gasteiger charge is -2.13. The van der Waals surface area contributed by atoms with Crippen molar-refractivity contribution in [3.63, 3.8) is 0 Å². The van der Waals surface area contributed by atoms with Crippen molar-refractivity contribution in [2.45, 2.75) is 19.5 Å². The van der Waals surface area contributed by atoms with Crippen LogP contribution in [0.1, 0.15) is 24.2 Å². The molecule has 2 aromatic rings. The molecule has 4 heteroatoms. The first-order valence-electron chi connectivity index (χ1n) is 5.75. The largest absolute Gasteiger partial charge is 0.305 e. The molecule has 2 nitrogen and oxygen atoms in total. The molecule has 1 aromatic heterocycles. The minimum absolute atomic E-state index is 0.162. The first-order valence-corrected chi connectivity index (χ1v) is 6.54. The van der Waals surface area contributed by atoms with Crippen LogP contribution in [0.25, 0.3) is 0 Å². The number of halogens is 2. The number of rotatable bonds is 4. The number of pyridine rings is 1. The zero-order chi connectivity index (χ0) is 13.0. The molecule has 0 aliphatic carbocycles. The predicted molar refractivity (Wildman–Crippen MR) is 73.6 cm³/mol. The smallest absolute Gasteiger partial charge is 0.137 e. The van der Waals surface area contributed by atoms with Gasteiger partial charge in [0.05, 0.1) is 10.2 Å². The summed E-state index contributed by atoms with van der Waals surface area (Å²) in [5, 5.41) is 3.36. The minimum Gasteiger partial charge on any atom is -0.305 e. The number of nitrogens with one attached hydrogen (secondary N) is 1. The summed E-state index contributed by atoms with van der Waals surface area (Å²) >= 11 is 3.18. The zero-order valence-corrected chi connectivity index (χ0v) is 11.6. The highest BCUT2D eigenvalue weighted by molar-refractivity contribution is 9.10. The van der Waals surface area contributed by atoms with Crippen LogP contribution in [0.5, 0.6) is 0 Å². The van der Waals surface area contributed by atoms with Crippen LogP contribution in [-0.4, -0.2) is 4.98 Å². The molecule has 18 heavy (non-hydrogen) atoms. The van der Waals surface area contributed by atoms with Crippen molar-refractivity contribution in [2.24, 2.45) is 0 Å². The molecule has 1 N–H and O–H groups in total. The normalized spacial score (nSPS) is 12.4. The van der Waals surface area contributed by atoms with Crippen LogP contribution in [0, 0.1) is 5.82 Å². The SMILES string of the molecule is C[C@H](NCc1ccc(F)c(Br)c1)c1ccccn1. The number of hydrogen-bond acceptors (Lipinski definition) is 2. The average molecular weight is 309 g/mol. The third-order valence-corrected chi connectivity index (χ3v) is 3.34. The number of aromatic nitrogens is 1. The molecule has 0 unspecified atom stereocenters. The average Bonchev–Trinajstić information content (AvgIpc) is 2.41. The van der Waals surface area contributed by atoms with E-state index in [0.717, 1.165) is 11.3 Å². The third-order valence-electron chi connectivity index (χ3n) is 2.73. The molecule has 0 saturated heterocycles. The van der Waals surface area contributed by atoms with Gasteiger partial charge in [-0.15, -0.1) is 0 Å². The van der Waals surface area contributed by atoms with Crippen molar-refractivity contribution in [1.82, 2.24) is 10.3 Å². The van der Waals surface area contributed by atoms with Crippen LogP contribution in [0.4, 0.5) is 4.39 Å². The van der Waals surface area contributed by atoms with Gasteiger partial charge in [0, 0.05) is 18.8 Å². The van der Waals surface area contributed by atoms with Crippen molar-refractivity contribution in [3.05, 3.63) is 64.1 Å². The van der Waals surface area contributed by atoms with E-state index in [1.165, 1.54) is 6.07 Å². The Labute approximate surface area is 114 Å². The summed E-state index contributed by atoms with van der Waals surface area (Å²) in [5.41, 5.74) is 2.03. The van der Waals surface area contributed by atoms with E-state index in [2.05, 4.69) is 33.2 Å². The maximum Gasteiger partial charge on any atom is 0.137 e. The highest BCUT2D eigenvalue weighted by Gasteiger charge is 2.06. The molecule has 0 saturated carbocycles. The first kappa shape index (κ1) is 13.2. The highest BCUT2D eigenvalue weighted by Crippen LogP contribution is 2.17. The van der Waals surface area contributed by atoms with Gasteiger partial charge < -0.3 is 5.32 Å². The molecule has 0 fully saturated rings. The van der Waals surface area contributed by atoms with Crippen molar-refractivity contribution in [3.8, 4) is 0 Å². The summed E-state index contributed by atoms with van der Waals surface area (Å²) in [6, 6.07) is 11.0. The van der Waals surface area contributed by atoms with E-state index in [9.17, 15) is 4.39 Å². The lowest BCUT2D eigenvalue weighted by atomic mass is 10.2. The van der Waals surface area contributed by atoms with Gasteiger partial charge >= 0.3 is 0 Å². The van der Waals surface area contributed by atoms with Crippen LogP contribution in [0.2, 0.25) is 0 Å². The van der Waals surface area contributed by atoms with Gasteiger partial charge in [0.25, 0.3) is 0 Å². The summed E-state index contributed by atoms with van der Waals surface area (Å²) < 4.78 is 13.6. The Hall–Kier alpha value is -1.26. The second-order valence-corrected chi connectivity index (χ2v) is 4.96. The summed E-state index contributed by atoms with van der Waals surface area (Å²) in [7, 11) is 0. The molecule has 94 valence electrons. The maximum atomic E-state index is 13.1. The van der Waals surface area contributed by atoms with Crippen molar-refractivity contribution >= 4 is 15.9 Å². The van der Waals surface area contributed by atoms with E-state index < -0.39 is 0 Å². The van der Waals surface area contributed by atoms with Crippen molar-refractivity contribution in [1.29, 1.82) is 0 Å². The van der Waals surface area contributed by atoms with Gasteiger partial charge in [-0.3, -0.25) is 4.98 Å². The second kappa shape index (κ2) is 6.07. The molecule has 1 atom stereocenters. The summed E-state index contributed by atoms with van der Waals surface area (Å²) in [6.07, 6.45) is 1.78. The van der Waals surface area contributed by atoms with Gasteiger partial charge in [-0.2, -0.15) is 0 Å². The van der Waals surface area contributed by atoms with E-state index in [-0.39, 0.29) is 11.9 Å². The zero-order valence-electron chi connectivity index (χ0n) is 10.0. The molecule has 0 spiro atoms. The lowest BCUT2D eigenvalue weighted by molar-refractivity contribution is 0.559. The fraction of sp³-hybridized carbons (Fsp3) is 0.214. The van der Waals surface area contributed by atoms with Gasteiger partial charge in [-0.05, 0) is 52.7 Å². The first-order chi connectivity index (χ1) is 8.66. The van der Waals surface area contributed by atoms with E-state index in [1.54, 1.807) is 18.3 Å². The molecule has 0 aliphatic rings. The standard InChI is InChI=1S/C14H14BrFN2/c1-10(14-4-2-3-7-17-14)18-9-11-5-6-13(16)12(15)8-11/h2-8,10,18H,9H2,1H3/t10-/m0/s1. The highest BCUT2D eigenvalue weighted by atomic mass is 79.9. The summed E-state index contributed by atoms with van der Waals surface area (Å²) in [4.78, 5) is 4.29. The van der Waals surface area contributed by atoms with Gasteiger partial charge in [0.15, 0.2) is 0 Å². The Balaban J connectivity index is 1.97. The number of benzene rings is 1. The van der Waals surface area contributed by atoms with E-state index in [4.69, 9.17) is 0 Å². The van der Waals surface area contributed by atoms with Gasteiger partial charge in [-0.25, -0.2) is 4.39 Å². The van der Waals surface area contributed by atoms with Gasteiger partial charge in [-0.1, -0.05) is 12.1 Å². The van der Waals surface area contributed by atoms with Crippen molar-refractivity contribution < 1.29 is 4.39 Å². The lowest BCUT2D eigenvalue weighted by Crippen LogP contribution is -2.18. The number of hydrogen-bond donors (Lipinski definition) is 1. The van der Waals surface area contributed by atoms with Crippen LogP contribution in [0.15, 0.2) is 47.1 Å². The van der Waals surface area contributed by atoms with Crippen LogP contribution in [-0.2, 0) is 6.54 Å². The van der Waals surface area contributed by atoms with Crippen LogP contribution < -0.4 is 5.32 Å². The molecular weight excluding hydrogens is 295 g/mol. The molecule has 0 amide bonds. The van der Waals surface area contributed by atoms with Crippen LogP contribution >= 0.6 is 15.9 Å². The molecular formula is C14H14BrFN2. The molecule has 0 bridgehead atoms. The predicted octanol–water partition coefficient (Wildman–Crippen LogP) is 3.83. The third kappa shape index (κ3) is 3.37. The Bertz CT molecular complexity index is 516. The molecule has 1 heterocycles. The quantitative estimate of drug-likeness (QED) is 0.928. The van der Waals surface area contributed by atoms with Crippen molar-refractivity contribution in [2.75, 3.05) is 0 Å². The van der Waals surface area contributed by atoms with Gasteiger partial charge in [0.2, 0.25) is 0 Å². The fourth-order valence-corrected chi connectivity index (χ4v) is 2.08. The summed E-state index contributed by atoms with van der Waals surface area (Å²) in [6.45, 7) is 2.73. The Kier molecular flexibility index (Phi) is 4.44. The monoisotopic (exact) mass is 308 g/mol. The summed E-state index contributed by atoms with van der Waals surface area (Å²) in [5.74, 6) is -0.239. The molecule has 2 rings (SSSR count). The minimum atomic E-state index is -0.239. The molecule has 0 radical (unpaired) electrons. The van der Waals surface area contributed by atoms with Crippen LogP contribution in [0.3, 0.4) is 0 Å². The van der Waals surface area contributed by atoms with E-state index in [0.29, 0.717) is 11.0 Å². The molecule has 0 aliphatic heterocycles. The Morgan fingerprint density at radius 1 is 1.33 bits per heavy atom. The number of nitrogens with zero attached hydrogens (tertiary/aromatic N) is 1. The molecule has 1 aromatic carbocycles. The van der Waals surface area contributed by atoms with E-state index >= 15 is 0 Å². The topological polar surface area (TPSA) is 24.9 Å². The fourth-order valence-electron chi connectivity index (χ4n) is 1.66. The Morgan fingerprint density at radius 2 is 2.17 bits per heavy atom. The van der Waals surface area contributed by atoms with Gasteiger partial charge in [0.1, 0.15) is 5.82 Å². The Morgan fingerprint density at radius 3 is 2.83 bits per heavy atom. The van der Waals surface area contributed by atoms with E-state index in [1.807, 2.05) is 18.2 Å².